The van der Waals surface area contributed by atoms with Crippen LogP contribution in [0.15, 0.2) is 24.5 Å². The summed E-state index contributed by atoms with van der Waals surface area (Å²) in [4.78, 5) is 33.9. The van der Waals surface area contributed by atoms with Gasteiger partial charge in [0.1, 0.15) is 0 Å². The molecule has 2 saturated heterocycles. The van der Waals surface area contributed by atoms with E-state index in [-0.39, 0.29) is 0 Å². The molecule has 10 nitrogen and oxygen atoms in total. The molecule has 2 atom stereocenters. The molecule has 2 aliphatic heterocycles. The molecule has 2 aliphatic rings. The van der Waals surface area contributed by atoms with Crippen molar-refractivity contribution in [2.24, 2.45) is 0 Å². The molecule has 2 aromatic heterocycles. The summed E-state index contributed by atoms with van der Waals surface area (Å²) < 4.78 is 10.4. The number of pyridine rings is 1. The van der Waals surface area contributed by atoms with Crippen LogP contribution in [0.1, 0.15) is 24.8 Å². The molecule has 2 N–H and O–H groups in total. The van der Waals surface area contributed by atoms with Crippen LogP contribution >= 0.6 is 0 Å². The first-order valence-electron chi connectivity index (χ1n) is 9.49. The Kier molecular flexibility index (Phi) is 6.46. The molecule has 0 aliphatic carbocycles. The number of rotatable bonds is 4. The maximum Gasteiger partial charge on any atom is 0.414 e. The fourth-order valence-electron chi connectivity index (χ4n) is 4.02. The van der Waals surface area contributed by atoms with Gasteiger partial charge in [0.05, 0.1) is 25.5 Å². The Hall–Kier alpha value is -3.27. The number of aromatic nitrogens is 3. The van der Waals surface area contributed by atoms with E-state index in [9.17, 15) is 0 Å². The fraction of sp³-hybridized carbons (Fsp3) is 0.450. The van der Waals surface area contributed by atoms with Gasteiger partial charge >= 0.3 is 17.9 Å². The second-order valence-corrected chi connectivity index (χ2v) is 7.23. The Morgan fingerprint density at radius 1 is 1.03 bits per heavy atom. The van der Waals surface area contributed by atoms with Gasteiger partial charge < -0.3 is 24.6 Å². The lowest BCUT2D eigenvalue weighted by Crippen LogP contribution is -2.36. The Balaban J connectivity index is 0.000000377. The van der Waals surface area contributed by atoms with Crippen LogP contribution in [0.5, 0.6) is 11.9 Å². The molecule has 30 heavy (non-hydrogen) atoms. The predicted molar refractivity (Wildman–Crippen MR) is 106 cm³/mol. The van der Waals surface area contributed by atoms with Crippen LogP contribution in [0, 0.1) is 0 Å². The number of carboxylic acid groups (broad SMARTS) is 2. The third kappa shape index (κ3) is 4.48. The van der Waals surface area contributed by atoms with Crippen LogP contribution in [-0.4, -0.2) is 75.9 Å². The molecule has 0 aromatic carbocycles. The van der Waals surface area contributed by atoms with E-state index in [1.807, 2.05) is 6.20 Å². The Labute approximate surface area is 173 Å². The minimum Gasteiger partial charge on any atom is -0.480 e. The van der Waals surface area contributed by atoms with Gasteiger partial charge in [0.15, 0.2) is 0 Å². The molecule has 160 valence electrons. The van der Waals surface area contributed by atoms with Crippen LogP contribution < -0.4 is 9.47 Å². The average Bonchev–Trinajstić information content (AvgIpc) is 3.08. The van der Waals surface area contributed by atoms with Crippen molar-refractivity contribution in [2.75, 3.05) is 33.9 Å². The number of hydrogen-bond donors (Lipinski definition) is 2. The van der Waals surface area contributed by atoms with E-state index in [2.05, 4.69) is 32.0 Å². The van der Waals surface area contributed by atoms with Gasteiger partial charge in [0.2, 0.25) is 5.88 Å². The van der Waals surface area contributed by atoms with Crippen LogP contribution in [-0.2, 0) is 15.0 Å². The van der Waals surface area contributed by atoms with Crippen LogP contribution in [0.3, 0.4) is 0 Å². The zero-order chi connectivity index (χ0) is 21.7. The Bertz CT molecular complexity index is 904. The summed E-state index contributed by atoms with van der Waals surface area (Å²) in [6.07, 6.45) is 7.50. The molecule has 4 rings (SSSR count). The van der Waals surface area contributed by atoms with E-state index in [0.717, 1.165) is 11.3 Å². The summed E-state index contributed by atoms with van der Waals surface area (Å²) in [5.41, 5.74) is 3.24. The van der Waals surface area contributed by atoms with Crippen LogP contribution in [0.4, 0.5) is 0 Å². The van der Waals surface area contributed by atoms with Gasteiger partial charge in [-0.15, -0.1) is 0 Å². The highest BCUT2D eigenvalue weighted by atomic mass is 16.5. The first kappa shape index (κ1) is 21.4. The lowest BCUT2D eigenvalue weighted by molar-refractivity contribution is -0.159. The fourth-order valence-corrected chi connectivity index (χ4v) is 4.02. The highest BCUT2D eigenvalue weighted by molar-refractivity contribution is 6.27. The maximum atomic E-state index is 9.10. The number of nitrogens with zero attached hydrogens (tertiary/aromatic N) is 4. The van der Waals surface area contributed by atoms with Gasteiger partial charge in [-0.05, 0) is 44.0 Å². The monoisotopic (exact) mass is 416 g/mol. The van der Waals surface area contributed by atoms with Gasteiger partial charge in [-0.1, -0.05) is 6.07 Å². The summed E-state index contributed by atoms with van der Waals surface area (Å²) in [5, 5.41) is 14.8. The number of aliphatic carboxylic acids is 2. The molecule has 2 fully saturated rings. The van der Waals surface area contributed by atoms with Crippen molar-refractivity contribution in [1.29, 1.82) is 0 Å². The largest absolute Gasteiger partial charge is 0.480 e. The minimum atomic E-state index is -1.82. The molecule has 10 heteroatoms. The van der Waals surface area contributed by atoms with E-state index < -0.39 is 11.9 Å². The zero-order valence-corrected chi connectivity index (χ0v) is 16.9. The highest BCUT2D eigenvalue weighted by Crippen LogP contribution is 2.42. The molecule has 0 radical (unpaired) electrons. The molecule has 0 saturated carbocycles. The summed E-state index contributed by atoms with van der Waals surface area (Å²) in [6, 6.07) is 4.55. The lowest BCUT2D eigenvalue weighted by atomic mass is 9.75. The Morgan fingerprint density at radius 2 is 1.80 bits per heavy atom. The van der Waals surface area contributed by atoms with Crippen LogP contribution in [0.25, 0.3) is 11.3 Å². The lowest BCUT2D eigenvalue weighted by Gasteiger charge is -2.34. The molecule has 0 amide bonds. The summed E-state index contributed by atoms with van der Waals surface area (Å²) in [5.74, 6) is -3.17. The number of ether oxygens (including phenoxy) is 2. The topological polar surface area (TPSA) is 135 Å². The second kappa shape index (κ2) is 9.04. The quantitative estimate of drug-likeness (QED) is 0.705. The third-order valence-electron chi connectivity index (χ3n) is 5.50. The smallest absolute Gasteiger partial charge is 0.414 e. The average molecular weight is 416 g/mol. The third-order valence-corrected chi connectivity index (χ3v) is 5.50. The SMILES string of the molecule is COc1ncc(-c2ccc(C34CCCN(CC3)C4)cn2)c(OC)n1.O=C(O)C(=O)O. The first-order chi connectivity index (χ1) is 14.4. The van der Waals surface area contributed by atoms with E-state index in [0.29, 0.717) is 17.3 Å². The van der Waals surface area contributed by atoms with Crippen molar-refractivity contribution >= 4 is 11.9 Å². The zero-order valence-electron chi connectivity index (χ0n) is 16.9. The molecule has 2 unspecified atom stereocenters. The van der Waals surface area contributed by atoms with E-state index in [1.165, 1.54) is 51.6 Å². The number of piperidine rings is 1. The highest BCUT2D eigenvalue weighted by Gasteiger charge is 2.42. The number of carboxylic acids is 2. The molecule has 4 heterocycles. The summed E-state index contributed by atoms with van der Waals surface area (Å²) in [6.45, 7) is 3.62. The van der Waals surface area contributed by atoms with E-state index in [4.69, 9.17) is 29.3 Å². The van der Waals surface area contributed by atoms with Gasteiger partial charge in [-0.2, -0.15) is 4.98 Å². The number of fused-ring (bicyclic) bond motifs is 2. The standard InChI is InChI=1S/C18H22N4O2.C2H2O4/c1-23-16-14(11-20-17(21-16)24-2)15-5-4-13(10-19-15)18-6-3-8-22(12-18)9-7-18;3-1(4)2(5)6/h4-5,10-11H,3,6-9,12H2,1-2H3;(H,3,4)(H,5,6). The number of carbonyl (C=O) groups is 2. The van der Waals surface area contributed by atoms with Crippen molar-refractivity contribution < 1.29 is 29.3 Å². The van der Waals surface area contributed by atoms with E-state index >= 15 is 0 Å². The minimum absolute atomic E-state index is 0.291. The van der Waals surface area contributed by atoms with E-state index in [1.54, 1.807) is 13.3 Å². The van der Waals surface area contributed by atoms with Gasteiger partial charge in [-0.3, -0.25) is 4.98 Å². The van der Waals surface area contributed by atoms with Crippen LogP contribution in [0.2, 0.25) is 0 Å². The van der Waals surface area contributed by atoms with Crippen molar-refractivity contribution in [3.05, 3.63) is 30.1 Å². The number of hydrogen-bond acceptors (Lipinski definition) is 8. The normalized spacial score (nSPS) is 21.9. The first-order valence-corrected chi connectivity index (χ1v) is 9.49. The molecule has 2 aromatic rings. The van der Waals surface area contributed by atoms with Gasteiger partial charge in [0, 0.05) is 24.4 Å². The number of methoxy groups -OCH3 is 2. The molecule has 0 spiro atoms. The van der Waals surface area contributed by atoms with Crippen molar-refractivity contribution in [1.82, 2.24) is 19.9 Å². The second-order valence-electron chi connectivity index (χ2n) is 7.23. The van der Waals surface area contributed by atoms with Crippen molar-refractivity contribution in [3.63, 3.8) is 0 Å². The van der Waals surface area contributed by atoms with Gasteiger partial charge in [-0.25, -0.2) is 14.6 Å². The summed E-state index contributed by atoms with van der Waals surface area (Å²) >= 11 is 0. The van der Waals surface area contributed by atoms with Gasteiger partial charge in [0.25, 0.3) is 0 Å². The molecular formula is C20H24N4O6. The maximum absolute atomic E-state index is 9.10. The molecule has 2 bridgehead atoms. The van der Waals surface area contributed by atoms with Crippen molar-refractivity contribution in [3.8, 4) is 23.1 Å². The van der Waals surface area contributed by atoms with Crippen molar-refractivity contribution in [2.45, 2.75) is 24.7 Å². The Morgan fingerprint density at radius 3 is 2.40 bits per heavy atom. The predicted octanol–water partition coefficient (Wildman–Crippen LogP) is 1.45. The molecular weight excluding hydrogens is 392 g/mol. The summed E-state index contributed by atoms with van der Waals surface area (Å²) in [7, 11) is 3.13.